The molecule has 1 amide bonds. The number of phosphoric acid groups is 1. The van der Waals surface area contributed by atoms with Crippen molar-refractivity contribution in [1.82, 2.24) is 5.32 Å². The predicted octanol–water partition coefficient (Wildman–Crippen LogP) is 17.7. The number of nitrogens with one attached hydrogen (secondary N) is 1. The Hall–Kier alpha value is -0.460. The largest absolute Gasteiger partial charge is 0.469 e. The molecule has 0 aliphatic heterocycles. The molecule has 2 atom stereocenters. The smallest absolute Gasteiger partial charge is 0.391 e. The molecule has 0 unspecified atom stereocenters. The highest BCUT2D eigenvalue weighted by molar-refractivity contribution is 7.46. The van der Waals surface area contributed by atoms with Crippen LogP contribution in [0.2, 0.25) is 0 Å². The standard InChI is InChI=1S/C54H110NO6P/c1-3-5-7-9-11-13-15-17-18-19-20-21-22-23-24-25-26-27-28-29-30-31-32-33-34-35-36-37-38-40-42-44-46-48-50-54(57)55-52(51-61-62(58,59)60)53(56)49-47-45-43-41-39-16-14-12-10-8-6-4-2/h52-53,56H,3-51H2,1-2H3,(H,55,57)(H2,58,59,60)/t52-,53+/m0/s1. The Bertz CT molecular complexity index is 931. The Morgan fingerprint density at radius 3 is 0.871 bits per heavy atom. The first-order valence-corrected chi connectivity index (χ1v) is 29.5. The summed E-state index contributed by atoms with van der Waals surface area (Å²) >= 11 is 0. The van der Waals surface area contributed by atoms with Crippen molar-refractivity contribution >= 4 is 13.7 Å². The molecular weight excluding hydrogens is 790 g/mol. The molecule has 62 heavy (non-hydrogen) atoms. The molecule has 7 nitrogen and oxygen atoms in total. The topological polar surface area (TPSA) is 116 Å². The lowest BCUT2D eigenvalue weighted by atomic mass is 10.0. The van der Waals surface area contributed by atoms with E-state index in [0.29, 0.717) is 12.8 Å². The fourth-order valence-electron chi connectivity index (χ4n) is 9.12. The molecule has 0 spiro atoms. The van der Waals surface area contributed by atoms with Crippen molar-refractivity contribution in [1.29, 1.82) is 0 Å². The monoisotopic (exact) mass is 900 g/mol. The van der Waals surface area contributed by atoms with Crippen molar-refractivity contribution in [3.05, 3.63) is 0 Å². The molecule has 0 fully saturated rings. The highest BCUT2D eigenvalue weighted by atomic mass is 31.2. The van der Waals surface area contributed by atoms with Gasteiger partial charge >= 0.3 is 7.82 Å². The maximum atomic E-state index is 12.7. The van der Waals surface area contributed by atoms with Gasteiger partial charge in [-0.15, -0.1) is 0 Å². The number of carbonyl (C=O) groups is 1. The summed E-state index contributed by atoms with van der Waals surface area (Å²) < 4.78 is 16.0. The van der Waals surface area contributed by atoms with Crippen LogP contribution in [0.4, 0.5) is 0 Å². The summed E-state index contributed by atoms with van der Waals surface area (Å²) in [5.74, 6) is -0.186. The lowest BCUT2D eigenvalue weighted by Gasteiger charge is -2.24. The van der Waals surface area contributed by atoms with Crippen LogP contribution >= 0.6 is 7.82 Å². The van der Waals surface area contributed by atoms with Crippen LogP contribution in [0.3, 0.4) is 0 Å². The second kappa shape index (κ2) is 50.0. The fourth-order valence-corrected chi connectivity index (χ4v) is 9.47. The summed E-state index contributed by atoms with van der Waals surface area (Å²) in [5, 5.41) is 13.6. The maximum absolute atomic E-state index is 12.7. The summed E-state index contributed by atoms with van der Waals surface area (Å²) in [6.45, 7) is 4.15. The quantitative estimate of drug-likeness (QED) is 0.0357. The number of phosphoric ester groups is 1. The normalized spacial score (nSPS) is 12.9. The molecule has 0 aromatic rings. The Morgan fingerprint density at radius 2 is 0.629 bits per heavy atom. The summed E-state index contributed by atoms with van der Waals surface area (Å²) in [4.78, 5) is 31.1. The Balaban J connectivity index is 3.57. The van der Waals surface area contributed by atoms with E-state index in [9.17, 15) is 24.3 Å². The molecule has 0 saturated carbocycles. The molecule has 0 saturated heterocycles. The lowest BCUT2D eigenvalue weighted by Crippen LogP contribution is -2.46. The van der Waals surface area contributed by atoms with Crippen molar-refractivity contribution in [3.63, 3.8) is 0 Å². The van der Waals surface area contributed by atoms with E-state index in [1.54, 1.807) is 0 Å². The minimum absolute atomic E-state index is 0.186. The van der Waals surface area contributed by atoms with E-state index in [-0.39, 0.29) is 5.91 Å². The molecular formula is C54H110NO6P. The first kappa shape index (κ1) is 61.5. The van der Waals surface area contributed by atoms with Crippen molar-refractivity contribution in [2.75, 3.05) is 6.61 Å². The summed E-state index contributed by atoms with van der Waals surface area (Å²) in [7, 11) is -4.69. The molecule has 0 aromatic carbocycles. The second-order valence-corrected chi connectivity index (χ2v) is 20.9. The van der Waals surface area contributed by atoms with Gasteiger partial charge in [-0.25, -0.2) is 4.57 Å². The third-order valence-electron chi connectivity index (χ3n) is 13.3. The van der Waals surface area contributed by atoms with Crippen LogP contribution in [0, 0.1) is 0 Å². The molecule has 0 aromatic heterocycles. The average Bonchev–Trinajstić information content (AvgIpc) is 3.25. The van der Waals surface area contributed by atoms with Gasteiger partial charge in [-0.05, 0) is 12.8 Å². The van der Waals surface area contributed by atoms with Crippen molar-refractivity contribution in [2.24, 2.45) is 0 Å². The van der Waals surface area contributed by atoms with Gasteiger partial charge in [-0.1, -0.05) is 303 Å². The SMILES string of the molecule is CCCCCCCCCCCCCCCCCCCCCCCCCCCCCCCCCCCCC(=O)N[C@@H](COP(=O)(O)O)[C@H](O)CCCCCCCCCCCCCC. The number of aliphatic hydroxyl groups excluding tert-OH is 1. The third kappa shape index (κ3) is 50.5. The molecule has 8 heteroatoms. The third-order valence-corrected chi connectivity index (χ3v) is 13.8. The van der Waals surface area contributed by atoms with Gasteiger partial charge in [0.05, 0.1) is 18.8 Å². The highest BCUT2D eigenvalue weighted by Gasteiger charge is 2.25. The Labute approximate surface area is 387 Å². The van der Waals surface area contributed by atoms with Gasteiger partial charge in [0.1, 0.15) is 0 Å². The number of carbonyl (C=O) groups excluding carboxylic acids is 1. The lowest BCUT2D eigenvalue weighted by molar-refractivity contribution is -0.123. The van der Waals surface area contributed by atoms with Gasteiger partial charge in [0.15, 0.2) is 0 Å². The van der Waals surface area contributed by atoms with Gasteiger partial charge in [0.25, 0.3) is 0 Å². The molecule has 372 valence electrons. The predicted molar refractivity (Wildman–Crippen MR) is 269 cm³/mol. The summed E-state index contributed by atoms with van der Waals surface area (Å²) in [5.41, 5.74) is 0. The maximum Gasteiger partial charge on any atom is 0.469 e. The van der Waals surface area contributed by atoms with Gasteiger partial charge in [-0.2, -0.15) is 0 Å². The zero-order valence-corrected chi connectivity index (χ0v) is 42.7. The first-order valence-electron chi connectivity index (χ1n) is 28.0. The number of unbranched alkanes of at least 4 members (excludes halogenated alkanes) is 44. The summed E-state index contributed by atoms with van der Waals surface area (Å²) in [6.07, 6.45) is 61.5. The van der Waals surface area contributed by atoms with Crippen LogP contribution in [0.15, 0.2) is 0 Å². The van der Waals surface area contributed by atoms with E-state index in [1.165, 1.54) is 257 Å². The van der Waals surface area contributed by atoms with Crippen LogP contribution in [0.1, 0.15) is 322 Å². The highest BCUT2D eigenvalue weighted by Crippen LogP contribution is 2.36. The molecule has 0 radical (unpaired) electrons. The van der Waals surface area contributed by atoms with E-state index < -0.39 is 26.6 Å². The molecule has 0 aliphatic rings. The molecule has 4 N–H and O–H groups in total. The minimum Gasteiger partial charge on any atom is -0.391 e. The van der Waals surface area contributed by atoms with Crippen LogP contribution in [0.5, 0.6) is 0 Å². The van der Waals surface area contributed by atoms with E-state index in [1.807, 2.05) is 0 Å². The Morgan fingerprint density at radius 1 is 0.403 bits per heavy atom. The average molecular weight is 900 g/mol. The number of rotatable bonds is 53. The minimum atomic E-state index is -4.69. The van der Waals surface area contributed by atoms with Crippen molar-refractivity contribution in [3.8, 4) is 0 Å². The summed E-state index contributed by atoms with van der Waals surface area (Å²) in [6, 6.07) is -0.819. The number of amides is 1. The number of aliphatic hydroxyl groups is 1. The van der Waals surface area contributed by atoms with Gasteiger partial charge < -0.3 is 20.2 Å². The van der Waals surface area contributed by atoms with Gasteiger partial charge in [0.2, 0.25) is 5.91 Å². The van der Waals surface area contributed by atoms with Gasteiger partial charge in [-0.3, -0.25) is 9.32 Å². The second-order valence-electron chi connectivity index (χ2n) is 19.6. The van der Waals surface area contributed by atoms with Crippen molar-refractivity contribution in [2.45, 2.75) is 334 Å². The molecule has 0 aliphatic carbocycles. The first-order chi connectivity index (χ1) is 30.3. The zero-order chi connectivity index (χ0) is 45.3. The molecule has 0 rings (SSSR count). The van der Waals surface area contributed by atoms with Crippen LogP contribution in [-0.4, -0.2) is 39.6 Å². The fraction of sp³-hybridized carbons (Fsp3) is 0.981. The Kier molecular flexibility index (Phi) is 49.6. The molecule has 0 heterocycles. The zero-order valence-electron chi connectivity index (χ0n) is 41.8. The van der Waals surface area contributed by atoms with E-state index in [4.69, 9.17) is 4.52 Å². The van der Waals surface area contributed by atoms with E-state index >= 15 is 0 Å². The van der Waals surface area contributed by atoms with Gasteiger partial charge in [0, 0.05) is 6.42 Å². The number of hydrogen-bond donors (Lipinski definition) is 4. The van der Waals surface area contributed by atoms with Crippen LogP contribution < -0.4 is 5.32 Å². The number of hydrogen-bond acceptors (Lipinski definition) is 4. The van der Waals surface area contributed by atoms with Crippen molar-refractivity contribution < 1.29 is 28.8 Å². The van der Waals surface area contributed by atoms with E-state index in [0.717, 1.165) is 38.5 Å². The van der Waals surface area contributed by atoms with Crippen LogP contribution in [0.25, 0.3) is 0 Å². The van der Waals surface area contributed by atoms with E-state index in [2.05, 4.69) is 19.2 Å². The van der Waals surface area contributed by atoms with Crippen LogP contribution in [-0.2, 0) is 13.9 Å². The molecule has 0 bridgehead atoms.